The van der Waals surface area contributed by atoms with Crippen LogP contribution in [0.3, 0.4) is 0 Å². The Kier molecular flexibility index (Phi) is 5.20. The smallest absolute Gasteiger partial charge is 0.240 e. The van der Waals surface area contributed by atoms with Crippen LogP contribution in [0.4, 0.5) is 14.5 Å². The molecule has 0 unspecified atom stereocenters. The standard InChI is InChI=1S/C19H16F2N2O3S/c1-12(24)23-19-7-2-4-13-10-14(8-9-15(13)19)27(25,26)22-11-16-17(20)5-3-6-18(16)21/h2-10,22H,11H2,1H3,(H,23,24). The summed E-state index contributed by atoms with van der Waals surface area (Å²) in [5.41, 5.74) is 0.208. The molecule has 0 fully saturated rings. The van der Waals surface area contributed by atoms with E-state index < -0.39 is 28.2 Å². The summed E-state index contributed by atoms with van der Waals surface area (Å²) in [5.74, 6) is -1.89. The maximum Gasteiger partial charge on any atom is 0.240 e. The first-order valence-electron chi connectivity index (χ1n) is 8.01. The van der Waals surface area contributed by atoms with Crippen LogP contribution < -0.4 is 10.0 Å². The molecule has 3 aromatic rings. The van der Waals surface area contributed by atoms with Crippen LogP contribution in [0.15, 0.2) is 59.5 Å². The molecule has 0 bridgehead atoms. The van der Waals surface area contributed by atoms with Gasteiger partial charge in [0.2, 0.25) is 15.9 Å². The van der Waals surface area contributed by atoms with E-state index in [-0.39, 0.29) is 16.4 Å². The predicted octanol–water partition coefficient (Wildman–Crippen LogP) is 3.55. The number of hydrogen-bond acceptors (Lipinski definition) is 3. The molecule has 0 atom stereocenters. The van der Waals surface area contributed by atoms with Gasteiger partial charge in [-0.3, -0.25) is 4.79 Å². The summed E-state index contributed by atoms with van der Waals surface area (Å²) in [5, 5.41) is 3.95. The molecule has 0 aromatic heterocycles. The Hall–Kier alpha value is -2.84. The Balaban J connectivity index is 1.90. The second-order valence-corrected chi connectivity index (χ2v) is 7.66. The zero-order chi connectivity index (χ0) is 19.6. The van der Waals surface area contributed by atoms with E-state index in [1.165, 1.54) is 25.1 Å². The van der Waals surface area contributed by atoms with E-state index in [0.717, 1.165) is 12.1 Å². The van der Waals surface area contributed by atoms with E-state index >= 15 is 0 Å². The highest BCUT2D eigenvalue weighted by Crippen LogP contribution is 2.26. The largest absolute Gasteiger partial charge is 0.326 e. The van der Waals surface area contributed by atoms with Crippen molar-refractivity contribution in [3.8, 4) is 0 Å². The van der Waals surface area contributed by atoms with E-state index in [0.29, 0.717) is 16.5 Å². The van der Waals surface area contributed by atoms with Crippen molar-refractivity contribution in [1.82, 2.24) is 4.72 Å². The topological polar surface area (TPSA) is 75.3 Å². The van der Waals surface area contributed by atoms with Crippen LogP contribution in [0, 0.1) is 11.6 Å². The number of benzene rings is 3. The highest BCUT2D eigenvalue weighted by molar-refractivity contribution is 7.89. The first kappa shape index (κ1) is 18.9. The van der Waals surface area contributed by atoms with Crippen LogP contribution >= 0.6 is 0 Å². The number of rotatable bonds is 5. The third kappa shape index (κ3) is 4.12. The van der Waals surface area contributed by atoms with Crippen molar-refractivity contribution >= 4 is 32.4 Å². The van der Waals surface area contributed by atoms with Gasteiger partial charge < -0.3 is 5.32 Å². The molecule has 0 aliphatic rings. The summed E-state index contributed by atoms with van der Waals surface area (Å²) in [6, 6.07) is 12.8. The fourth-order valence-corrected chi connectivity index (χ4v) is 3.71. The lowest BCUT2D eigenvalue weighted by molar-refractivity contribution is -0.114. The van der Waals surface area contributed by atoms with Crippen molar-refractivity contribution in [2.75, 3.05) is 5.32 Å². The summed E-state index contributed by atoms with van der Waals surface area (Å²) >= 11 is 0. The molecular weight excluding hydrogens is 374 g/mol. The quantitative estimate of drug-likeness (QED) is 0.700. The molecule has 0 aliphatic heterocycles. The Labute approximate surface area is 155 Å². The molecule has 0 radical (unpaired) electrons. The SMILES string of the molecule is CC(=O)Nc1cccc2cc(S(=O)(=O)NCc3c(F)cccc3F)ccc12. The Bertz CT molecular complexity index is 1110. The van der Waals surface area contributed by atoms with E-state index in [1.807, 2.05) is 0 Å². The molecular formula is C19H16F2N2O3S. The summed E-state index contributed by atoms with van der Waals surface area (Å²) in [7, 11) is -3.99. The van der Waals surface area contributed by atoms with Gasteiger partial charge in [0.05, 0.1) is 4.90 Å². The van der Waals surface area contributed by atoms with Gasteiger partial charge in [-0.25, -0.2) is 21.9 Å². The number of amides is 1. The molecule has 140 valence electrons. The molecule has 2 N–H and O–H groups in total. The molecule has 5 nitrogen and oxygen atoms in total. The third-order valence-electron chi connectivity index (χ3n) is 3.97. The molecule has 0 aliphatic carbocycles. The fraction of sp³-hybridized carbons (Fsp3) is 0.105. The van der Waals surface area contributed by atoms with Gasteiger partial charge in [-0.1, -0.05) is 24.3 Å². The van der Waals surface area contributed by atoms with Gasteiger partial charge in [0.15, 0.2) is 0 Å². The molecule has 1 amide bonds. The van der Waals surface area contributed by atoms with Gasteiger partial charge in [-0.15, -0.1) is 0 Å². The molecule has 8 heteroatoms. The van der Waals surface area contributed by atoms with Crippen LogP contribution in [-0.2, 0) is 21.4 Å². The number of carbonyl (C=O) groups excluding carboxylic acids is 1. The Morgan fingerprint density at radius 1 is 1.00 bits per heavy atom. The van der Waals surface area contributed by atoms with Crippen molar-refractivity contribution in [2.45, 2.75) is 18.4 Å². The van der Waals surface area contributed by atoms with Gasteiger partial charge in [0.25, 0.3) is 0 Å². The molecule has 0 heterocycles. The third-order valence-corrected chi connectivity index (χ3v) is 5.37. The zero-order valence-corrected chi connectivity index (χ0v) is 15.1. The van der Waals surface area contributed by atoms with Crippen LogP contribution in [0.1, 0.15) is 12.5 Å². The van der Waals surface area contributed by atoms with Crippen LogP contribution in [-0.4, -0.2) is 14.3 Å². The van der Waals surface area contributed by atoms with Gasteiger partial charge in [0.1, 0.15) is 11.6 Å². The molecule has 0 saturated carbocycles. The minimum Gasteiger partial charge on any atom is -0.326 e. The highest BCUT2D eigenvalue weighted by atomic mass is 32.2. The summed E-state index contributed by atoms with van der Waals surface area (Å²) in [6.07, 6.45) is 0. The maximum absolute atomic E-state index is 13.7. The minimum absolute atomic E-state index is 0.0493. The van der Waals surface area contributed by atoms with E-state index in [2.05, 4.69) is 10.0 Å². The van der Waals surface area contributed by atoms with Gasteiger partial charge in [-0.2, -0.15) is 0 Å². The maximum atomic E-state index is 13.7. The van der Waals surface area contributed by atoms with Crippen molar-refractivity contribution < 1.29 is 22.0 Å². The number of nitrogens with one attached hydrogen (secondary N) is 2. The lowest BCUT2D eigenvalue weighted by Crippen LogP contribution is -2.24. The van der Waals surface area contributed by atoms with Crippen LogP contribution in [0.25, 0.3) is 10.8 Å². The first-order valence-corrected chi connectivity index (χ1v) is 9.49. The molecule has 0 saturated heterocycles. The van der Waals surface area contributed by atoms with Crippen molar-refractivity contribution in [3.63, 3.8) is 0 Å². The lowest BCUT2D eigenvalue weighted by Gasteiger charge is -2.11. The number of fused-ring (bicyclic) bond motifs is 1. The Morgan fingerprint density at radius 3 is 2.33 bits per heavy atom. The van der Waals surface area contributed by atoms with E-state index in [1.54, 1.807) is 24.3 Å². The number of sulfonamides is 1. The van der Waals surface area contributed by atoms with Gasteiger partial charge in [0, 0.05) is 30.1 Å². The fourth-order valence-electron chi connectivity index (χ4n) is 2.68. The second-order valence-electron chi connectivity index (χ2n) is 5.89. The zero-order valence-electron chi connectivity index (χ0n) is 14.3. The first-order chi connectivity index (χ1) is 12.8. The predicted molar refractivity (Wildman–Crippen MR) is 98.6 cm³/mol. The molecule has 3 aromatic carbocycles. The summed E-state index contributed by atoms with van der Waals surface area (Å²) in [6.45, 7) is 0.869. The Morgan fingerprint density at radius 2 is 1.67 bits per heavy atom. The lowest BCUT2D eigenvalue weighted by atomic mass is 10.1. The summed E-state index contributed by atoms with van der Waals surface area (Å²) < 4.78 is 54.6. The van der Waals surface area contributed by atoms with Crippen molar-refractivity contribution in [2.24, 2.45) is 0 Å². The number of halogens is 2. The highest BCUT2D eigenvalue weighted by Gasteiger charge is 2.17. The van der Waals surface area contributed by atoms with Crippen LogP contribution in [0.5, 0.6) is 0 Å². The van der Waals surface area contributed by atoms with Crippen LogP contribution in [0.2, 0.25) is 0 Å². The van der Waals surface area contributed by atoms with Crippen molar-refractivity contribution in [3.05, 3.63) is 71.8 Å². The monoisotopic (exact) mass is 390 g/mol. The average molecular weight is 390 g/mol. The molecule has 3 rings (SSSR count). The molecule has 27 heavy (non-hydrogen) atoms. The van der Waals surface area contributed by atoms with Gasteiger partial charge in [-0.05, 0) is 35.7 Å². The van der Waals surface area contributed by atoms with Crippen molar-refractivity contribution in [1.29, 1.82) is 0 Å². The van der Waals surface area contributed by atoms with Gasteiger partial charge >= 0.3 is 0 Å². The normalized spacial score (nSPS) is 11.5. The summed E-state index contributed by atoms with van der Waals surface area (Å²) in [4.78, 5) is 11.2. The number of anilines is 1. The van der Waals surface area contributed by atoms with E-state index in [4.69, 9.17) is 0 Å². The average Bonchev–Trinajstić information content (AvgIpc) is 2.60. The second kappa shape index (κ2) is 7.42. The van der Waals surface area contributed by atoms with E-state index in [9.17, 15) is 22.0 Å². The minimum atomic E-state index is -3.99. The number of hydrogen-bond donors (Lipinski definition) is 2. The number of carbonyl (C=O) groups is 1. The molecule has 0 spiro atoms.